The number of nitrogens with zero attached hydrogens (tertiary/aromatic N) is 3. The standard InChI is InChI=1S/C19H19N5O/c1-11(2)17-23-16-14(10-22-19(16)25)18(24-17)21-9-12-7-13-5-3-4-6-15(13)20-8-12/h3-8,11H,9-10H2,1-2H3,(H,22,25)(H,21,23,24). The van der Waals surface area contributed by atoms with Crippen LogP contribution in [0, 0.1) is 0 Å². The van der Waals surface area contributed by atoms with E-state index in [4.69, 9.17) is 0 Å². The van der Waals surface area contributed by atoms with Gasteiger partial charge in [-0.25, -0.2) is 9.97 Å². The third-order valence-corrected chi connectivity index (χ3v) is 4.29. The van der Waals surface area contributed by atoms with Crippen LogP contribution >= 0.6 is 0 Å². The fourth-order valence-electron chi connectivity index (χ4n) is 2.91. The zero-order valence-electron chi connectivity index (χ0n) is 14.2. The average Bonchev–Trinajstić information content (AvgIpc) is 3.00. The number of carbonyl (C=O) groups is 1. The van der Waals surface area contributed by atoms with Crippen molar-refractivity contribution in [3.8, 4) is 0 Å². The highest BCUT2D eigenvalue weighted by atomic mass is 16.2. The molecular weight excluding hydrogens is 314 g/mol. The molecule has 0 spiro atoms. The number of aromatic nitrogens is 3. The largest absolute Gasteiger partial charge is 0.366 e. The van der Waals surface area contributed by atoms with Gasteiger partial charge in [0, 0.05) is 36.2 Å². The number of nitrogens with one attached hydrogen (secondary N) is 2. The first-order valence-corrected chi connectivity index (χ1v) is 8.38. The molecule has 2 aromatic heterocycles. The number of fused-ring (bicyclic) bond motifs is 2. The second-order valence-electron chi connectivity index (χ2n) is 6.48. The van der Waals surface area contributed by atoms with Crippen LogP contribution in [0.1, 0.15) is 47.2 Å². The Hall–Kier alpha value is -3.02. The topological polar surface area (TPSA) is 79.8 Å². The first-order chi connectivity index (χ1) is 12.1. The quantitative estimate of drug-likeness (QED) is 0.767. The molecule has 0 atom stereocenters. The molecule has 25 heavy (non-hydrogen) atoms. The van der Waals surface area contributed by atoms with Gasteiger partial charge >= 0.3 is 0 Å². The molecule has 3 aromatic rings. The Kier molecular flexibility index (Phi) is 3.80. The molecule has 6 nitrogen and oxygen atoms in total. The zero-order valence-corrected chi connectivity index (χ0v) is 14.2. The SMILES string of the molecule is CC(C)c1nc(NCc2cnc3ccccc3c2)c2c(n1)C(=O)NC2. The monoisotopic (exact) mass is 333 g/mol. The van der Waals surface area contributed by atoms with E-state index in [0.29, 0.717) is 24.6 Å². The molecule has 4 rings (SSSR count). The van der Waals surface area contributed by atoms with E-state index in [-0.39, 0.29) is 11.8 Å². The second-order valence-corrected chi connectivity index (χ2v) is 6.48. The Morgan fingerprint density at radius 3 is 2.92 bits per heavy atom. The average molecular weight is 333 g/mol. The van der Waals surface area contributed by atoms with E-state index >= 15 is 0 Å². The molecule has 0 bridgehead atoms. The highest BCUT2D eigenvalue weighted by molar-refractivity contribution is 5.97. The summed E-state index contributed by atoms with van der Waals surface area (Å²) in [6, 6.07) is 10.1. The molecule has 0 radical (unpaired) electrons. The van der Waals surface area contributed by atoms with Gasteiger partial charge in [-0.15, -0.1) is 0 Å². The van der Waals surface area contributed by atoms with Crippen molar-refractivity contribution in [1.29, 1.82) is 0 Å². The van der Waals surface area contributed by atoms with Gasteiger partial charge in [0.15, 0.2) is 0 Å². The minimum Gasteiger partial charge on any atom is -0.366 e. The van der Waals surface area contributed by atoms with Crippen LogP contribution in [0.3, 0.4) is 0 Å². The predicted octanol–water partition coefficient (Wildman–Crippen LogP) is 3.00. The van der Waals surface area contributed by atoms with Crippen LogP contribution in [-0.2, 0) is 13.1 Å². The maximum absolute atomic E-state index is 12.0. The summed E-state index contributed by atoms with van der Waals surface area (Å²) < 4.78 is 0. The third-order valence-electron chi connectivity index (χ3n) is 4.29. The molecule has 6 heteroatoms. The molecule has 3 heterocycles. The van der Waals surface area contributed by atoms with Gasteiger partial charge in [-0.05, 0) is 17.7 Å². The summed E-state index contributed by atoms with van der Waals surface area (Å²) >= 11 is 0. The number of anilines is 1. The van der Waals surface area contributed by atoms with E-state index in [9.17, 15) is 4.79 Å². The zero-order chi connectivity index (χ0) is 17.4. The molecule has 0 fully saturated rings. The molecule has 1 amide bonds. The Bertz CT molecular complexity index is 967. The Balaban J connectivity index is 1.63. The Labute approximate surface area is 145 Å². The fourth-order valence-corrected chi connectivity index (χ4v) is 2.91. The lowest BCUT2D eigenvalue weighted by Crippen LogP contribution is -2.14. The number of carbonyl (C=O) groups excluding carboxylic acids is 1. The first kappa shape index (κ1) is 15.5. The van der Waals surface area contributed by atoms with Crippen LogP contribution in [0.2, 0.25) is 0 Å². The van der Waals surface area contributed by atoms with Crippen LogP contribution in [0.25, 0.3) is 10.9 Å². The summed E-state index contributed by atoms with van der Waals surface area (Å²) in [6.07, 6.45) is 1.86. The molecule has 1 aliphatic heterocycles. The van der Waals surface area contributed by atoms with Gasteiger partial charge in [-0.1, -0.05) is 32.0 Å². The van der Waals surface area contributed by atoms with Crippen molar-refractivity contribution in [3.63, 3.8) is 0 Å². The van der Waals surface area contributed by atoms with E-state index in [1.54, 1.807) is 0 Å². The van der Waals surface area contributed by atoms with Crippen molar-refractivity contribution in [2.24, 2.45) is 0 Å². The molecule has 0 aliphatic carbocycles. The normalized spacial score (nSPS) is 13.2. The van der Waals surface area contributed by atoms with Crippen molar-refractivity contribution in [2.75, 3.05) is 5.32 Å². The summed E-state index contributed by atoms with van der Waals surface area (Å²) in [5.74, 6) is 1.42. The Morgan fingerprint density at radius 2 is 2.08 bits per heavy atom. The number of hydrogen-bond acceptors (Lipinski definition) is 5. The molecular formula is C19H19N5O. The third kappa shape index (κ3) is 2.91. The molecule has 2 N–H and O–H groups in total. The lowest BCUT2D eigenvalue weighted by Gasteiger charge is -2.12. The number of benzene rings is 1. The number of para-hydroxylation sites is 1. The van der Waals surface area contributed by atoms with E-state index in [1.165, 1.54) is 0 Å². The van der Waals surface area contributed by atoms with Crippen molar-refractivity contribution in [3.05, 3.63) is 59.2 Å². The van der Waals surface area contributed by atoms with E-state index in [1.807, 2.05) is 44.3 Å². The van der Waals surface area contributed by atoms with Crippen LogP contribution in [0.5, 0.6) is 0 Å². The van der Waals surface area contributed by atoms with Gasteiger partial charge in [0.25, 0.3) is 5.91 Å². The predicted molar refractivity (Wildman–Crippen MR) is 96.4 cm³/mol. The van der Waals surface area contributed by atoms with Crippen molar-refractivity contribution < 1.29 is 4.79 Å². The van der Waals surface area contributed by atoms with Crippen molar-refractivity contribution in [1.82, 2.24) is 20.3 Å². The van der Waals surface area contributed by atoms with Crippen molar-refractivity contribution >= 4 is 22.6 Å². The smallest absolute Gasteiger partial charge is 0.270 e. The highest BCUT2D eigenvalue weighted by Crippen LogP contribution is 2.24. The highest BCUT2D eigenvalue weighted by Gasteiger charge is 2.26. The van der Waals surface area contributed by atoms with Crippen LogP contribution < -0.4 is 10.6 Å². The van der Waals surface area contributed by atoms with Gasteiger partial charge in [0.2, 0.25) is 0 Å². The molecule has 126 valence electrons. The number of rotatable bonds is 4. The molecule has 1 aliphatic rings. The maximum Gasteiger partial charge on any atom is 0.270 e. The molecule has 0 saturated carbocycles. The van der Waals surface area contributed by atoms with Crippen LogP contribution in [-0.4, -0.2) is 20.9 Å². The summed E-state index contributed by atoms with van der Waals surface area (Å²) in [4.78, 5) is 25.5. The summed E-state index contributed by atoms with van der Waals surface area (Å²) in [6.45, 7) is 5.09. The van der Waals surface area contributed by atoms with Crippen LogP contribution in [0.4, 0.5) is 5.82 Å². The lowest BCUT2D eigenvalue weighted by atomic mass is 10.1. The minimum absolute atomic E-state index is 0.130. The summed E-state index contributed by atoms with van der Waals surface area (Å²) in [5, 5.41) is 7.28. The number of amides is 1. The van der Waals surface area contributed by atoms with Crippen molar-refractivity contribution in [2.45, 2.75) is 32.9 Å². The Morgan fingerprint density at radius 1 is 1.24 bits per heavy atom. The molecule has 0 unspecified atom stereocenters. The number of pyridine rings is 1. The summed E-state index contributed by atoms with van der Waals surface area (Å²) in [5.41, 5.74) is 3.36. The molecule has 0 saturated heterocycles. The van der Waals surface area contributed by atoms with Gasteiger partial charge in [0.1, 0.15) is 17.3 Å². The number of hydrogen-bond donors (Lipinski definition) is 2. The maximum atomic E-state index is 12.0. The van der Waals surface area contributed by atoms with Crippen LogP contribution in [0.15, 0.2) is 36.5 Å². The lowest BCUT2D eigenvalue weighted by molar-refractivity contribution is 0.0961. The van der Waals surface area contributed by atoms with E-state index in [2.05, 4.69) is 31.7 Å². The molecule has 1 aromatic carbocycles. The minimum atomic E-state index is -0.130. The second kappa shape index (κ2) is 6.12. The van der Waals surface area contributed by atoms with Gasteiger partial charge in [-0.3, -0.25) is 9.78 Å². The van der Waals surface area contributed by atoms with Gasteiger partial charge < -0.3 is 10.6 Å². The van der Waals surface area contributed by atoms with E-state index in [0.717, 1.165) is 27.8 Å². The fraction of sp³-hybridized carbons (Fsp3) is 0.263. The van der Waals surface area contributed by atoms with Gasteiger partial charge in [-0.2, -0.15) is 0 Å². The first-order valence-electron chi connectivity index (χ1n) is 8.38. The summed E-state index contributed by atoms with van der Waals surface area (Å²) in [7, 11) is 0. The van der Waals surface area contributed by atoms with Gasteiger partial charge in [0.05, 0.1) is 5.52 Å². The van der Waals surface area contributed by atoms with E-state index < -0.39 is 0 Å².